The minimum absolute atomic E-state index is 0.240. The van der Waals surface area contributed by atoms with Crippen LogP contribution in [0.15, 0.2) is 35.3 Å². The summed E-state index contributed by atoms with van der Waals surface area (Å²) in [5.74, 6) is 9.50. The van der Waals surface area contributed by atoms with Gasteiger partial charge in [0.1, 0.15) is 10.8 Å². The van der Waals surface area contributed by atoms with Crippen LogP contribution < -0.4 is 14.5 Å². The van der Waals surface area contributed by atoms with E-state index in [0.29, 0.717) is 44.0 Å². The molecular formula is C27H30N2O4S. The van der Waals surface area contributed by atoms with Gasteiger partial charge in [-0.15, -0.1) is 11.3 Å². The number of thiophene rings is 1. The van der Waals surface area contributed by atoms with Crippen LogP contribution in [-0.4, -0.2) is 31.6 Å². The number of nitrogens with zero attached hydrogens (tertiary/aromatic N) is 2. The third kappa shape index (κ3) is 4.78. The van der Waals surface area contributed by atoms with E-state index in [9.17, 15) is 4.79 Å². The van der Waals surface area contributed by atoms with Crippen molar-refractivity contribution in [1.82, 2.24) is 0 Å². The van der Waals surface area contributed by atoms with Crippen LogP contribution in [0.5, 0.6) is 11.5 Å². The van der Waals surface area contributed by atoms with Gasteiger partial charge in [0.25, 0.3) is 0 Å². The number of carbonyl (C=O) groups excluding carboxylic acids is 1. The molecule has 1 aliphatic heterocycles. The molecule has 2 saturated carbocycles. The Bertz CT molecular complexity index is 1140. The summed E-state index contributed by atoms with van der Waals surface area (Å²) in [6.07, 6.45) is 7.35. The average Bonchev–Trinajstić information content (AvgIpc) is 3.61. The molecule has 0 amide bonds. The van der Waals surface area contributed by atoms with Gasteiger partial charge in [0.05, 0.1) is 23.5 Å². The van der Waals surface area contributed by atoms with E-state index in [-0.39, 0.29) is 11.5 Å². The molecule has 2 aliphatic carbocycles. The van der Waals surface area contributed by atoms with Crippen LogP contribution in [0, 0.1) is 11.8 Å². The van der Waals surface area contributed by atoms with Crippen molar-refractivity contribution in [1.29, 1.82) is 0 Å². The van der Waals surface area contributed by atoms with E-state index < -0.39 is 0 Å². The lowest BCUT2D eigenvalue weighted by atomic mass is 9.69. The predicted octanol–water partition coefficient (Wildman–Crippen LogP) is 5.64. The summed E-state index contributed by atoms with van der Waals surface area (Å²) in [5.41, 5.74) is 0.715. The molecule has 1 aromatic carbocycles. The van der Waals surface area contributed by atoms with Gasteiger partial charge in [0, 0.05) is 19.8 Å². The van der Waals surface area contributed by atoms with Crippen LogP contribution in [0.1, 0.15) is 68.7 Å². The van der Waals surface area contributed by atoms with Crippen molar-refractivity contribution in [2.24, 2.45) is 4.99 Å². The summed E-state index contributed by atoms with van der Waals surface area (Å²) >= 11 is 1.59. The third-order valence-corrected chi connectivity index (χ3v) is 7.91. The molecule has 0 saturated heterocycles. The number of ether oxygens (including phenoxy) is 2. The van der Waals surface area contributed by atoms with Crippen molar-refractivity contribution in [3.8, 4) is 23.3 Å². The van der Waals surface area contributed by atoms with Gasteiger partial charge in [-0.1, -0.05) is 17.9 Å². The number of anilines is 1. The first-order valence-corrected chi connectivity index (χ1v) is 12.8. The van der Waals surface area contributed by atoms with Crippen molar-refractivity contribution < 1.29 is 19.1 Å². The van der Waals surface area contributed by atoms with E-state index >= 15 is 0 Å². The van der Waals surface area contributed by atoms with Gasteiger partial charge in [-0.25, -0.2) is 4.99 Å². The molecule has 1 aromatic heterocycles. The maximum atomic E-state index is 12.1. The molecule has 2 aromatic rings. The molecular weight excluding hydrogens is 448 g/mol. The number of hydroxylamine groups is 1. The second-order valence-electron chi connectivity index (χ2n) is 9.19. The monoisotopic (exact) mass is 478 g/mol. The van der Waals surface area contributed by atoms with Crippen LogP contribution in [0.4, 0.5) is 5.00 Å². The van der Waals surface area contributed by atoms with Crippen molar-refractivity contribution in [3.05, 3.63) is 40.8 Å². The number of carbonyl (C=O) groups is 1. The van der Waals surface area contributed by atoms with Gasteiger partial charge < -0.3 is 14.3 Å². The molecule has 0 unspecified atom stereocenters. The number of methoxy groups -OCH3 is 1. The molecule has 0 bridgehead atoms. The first-order chi connectivity index (χ1) is 16.5. The summed E-state index contributed by atoms with van der Waals surface area (Å²) < 4.78 is 12.0. The van der Waals surface area contributed by atoms with Crippen LogP contribution >= 0.6 is 11.3 Å². The highest BCUT2D eigenvalue weighted by atomic mass is 32.1. The Kier molecular flexibility index (Phi) is 6.51. The van der Waals surface area contributed by atoms with Crippen molar-refractivity contribution in [2.75, 3.05) is 18.8 Å². The molecule has 0 atom stereocenters. The van der Waals surface area contributed by atoms with Gasteiger partial charge in [-0.05, 0) is 68.4 Å². The number of Topliss-reactive ketones (excluding diaryl/α,β-unsaturated/α-hetero) is 1. The van der Waals surface area contributed by atoms with E-state index in [0.717, 1.165) is 39.8 Å². The number of hydrogen-bond donors (Lipinski definition) is 0. The third-order valence-electron chi connectivity index (χ3n) is 6.90. The normalized spacial score (nSPS) is 19.9. The van der Waals surface area contributed by atoms with Crippen LogP contribution in [0.25, 0.3) is 0 Å². The first kappa shape index (κ1) is 22.8. The molecule has 34 heavy (non-hydrogen) atoms. The second kappa shape index (κ2) is 9.71. The van der Waals surface area contributed by atoms with Gasteiger partial charge in [-0.3, -0.25) is 4.79 Å². The largest absolute Gasteiger partial charge is 0.493 e. The molecule has 3 aliphatic rings. The predicted molar refractivity (Wildman–Crippen MR) is 134 cm³/mol. The zero-order valence-electron chi connectivity index (χ0n) is 19.8. The summed E-state index contributed by atoms with van der Waals surface area (Å²) in [6, 6.07) is 10.2. The SMILES string of the molecule is COc1ccc(C2(C#Cc3ccc(N4CN=C(C)O4)s3)CCC(=O)CC2)cc1OC1CCCC1. The lowest BCUT2D eigenvalue weighted by Gasteiger charge is -2.33. The Morgan fingerprint density at radius 3 is 2.65 bits per heavy atom. The highest BCUT2D eigenvalue weighted by Gasteiger charge is 2.36. The highest BCUT2D eigenvalue weighted by molar-refractivity contribution is 7.16. The number of aliphatic imine (C=N–C) groups is 1. The number of ketones is 1. The zero-order chi connectivity index (χ0) is 23.5. The minimum Gasteiger partial charge on any atom is -0.493 e. The fourth-order valence-electron chi connectivity index (χ4n) is 4.90. The molecule has 7 heteroatoms. The van der Waals surface area contributed by atoms with Gasteiger partial charge >= 0.3 is 0 Å². The van der Waals surface area contributed by atoms with Gasteiger partial charge in [-0.2, -0.15) is 5.06 Å². The Balaban J connectivity index is 1.44. The van der Waals surface area contributed by atoms with E-state index in [1.807, 2.05) is 25.1 Å². The van der Waals surface area contributed by atoms with E-state index in [2.05, 4.69) is 29.0 Å². The second-order valence-corrected chi connectivity index (χ2v) is 10.2. The summed E-state index contributed by atoms with van der Waals surface area (Å²) in [7, 11) is 1.68. The standard InChI is InChI=1S/C27H30N2O4S/c1-19-28-18-29(33-19)26-10-8-23(34-26)13-16-27(14-11-21(30)12-15-27)20-7-9-24(31-2)25(17-20)32-22-5-3-4-6-22/h7-10,17,22H,3-6,11-12,14-15,18H2,1-2H3. The average molecular weight is 479 g/mol. The van der Waals surface area contributed by atoms with Gasteiger partial charge in [0.2, 0.25) is 5.90 Å². The lowest BCUT2D eigenvalue weighted by Crippen LogP contribution is -2.30. The number of hydrogen-bond acceptors (Lipinski definition) is 7. The van der Waals surface area contributed by atoms with E-state index in [1.54, 1.807) is 23.5 Å². The topological polar surface area (TPSA) is 60.4 Å². The van der Waals surface area contributed by atoms with Crippen LogP contribution in [0.2, 0.25) is 0 Å². The fourth-order valence-corrected chi connectivity index (χ4v) is 5.70. The van der Waals surface area contributed by atoms with Gasteiger partial charge in [0.15, 0.2) is 18.2 Å². The Morgan fingerprint density at radius 1 is 1.15 bits per heavy atom. The fraction of sp³-hybridized carbons (Fsp3) is 0.481. The maximum Gasteiger partial charge on any atom is 0.216 e. The van der Waals surface area contributed by atoms with Crippen LogP contribution in [0.3, 0.4) is 0 Å². The minimum atomic E-state index is -0.387. The summed E-state index contributed by atoms with van der Waals surface area (Å²) in [4.78, 5) is 23.0. The maximum absolute atomic E-state index is 12.1. The van der Waals surface area contributed by atoms with Crippen LogP contribution in [-0.2, 0) is 15.0 Å². The molecule has 0 radical (unpaired) electrons. The Labute approximate surface area is 204 Å². The Morgan fingerprint density at radius 2 is 1.94 bits per heavy atom. The number of rotatable bonds is 5. The van der Waals surface area contributed by atoms with Crippen molar-refractivity contribution in [3.63, 3.8) is 0 Å². The number of benzene rings is 1. The van der Waals surface area contributed by atoms with Crippen molar-refractivity contribution in [2.45, 2.75) is 69.8 Å². The van der Waals surface area contributed by atoms with Crippen molar-refractivity contribution >= 4 is 28.0 Å². The van der Waals surface area contributed by atoms with E-state index in [1.165, 1.54) is 12.8 Å². The summed E-state index contributed by atoms with van der Waals surface area (Å²) in [5, 5.41) is 2.76. The lowest BCUT2D eigenvalue weighted by molar-refractivity contribution is -0.120. The first-order valence-electron chi connectivity index (χ1n) is 12.0. The molecule has 2 fully saturated rings. The quantitative estimate of drug-likeness (QED) is 0.521. The molecule has 178 valence electrons. The smallest absolute Gasteiger partial charge is 0.216 e. The Hall–Kier alpha value is -2.98. The summed E-state index contributed by atoms with van der Waals surface area (Å²) in [6.45, 7) is 2.35. The molecule has 0 N–H and O–H groups in total. The molecule has 5 rings (SSSR count). The van der Waals surface area contributed by atoms with E-state index in [4.69, 9.17) is 14.3 Å². The molecule has 2 heterocycles. The highest BCUT2D eigenvalue weighted by Crippen LogP contribution is 2.42. The zero-order valence-corrected chi connectivity index (χ0v) is 20.6. The molecule has 6 nitrogen and oxygen atoms in total. The molecule has 0 spiro atoms.